The molecule has 0 amide bonds. The molecule has 2 unspecified atom stereocenters. The van der Waals surface area contributed by atoms with Crippen LogP contribution < -0.4 is 0 Å². The lowest BCUT2D eigenvalue weighted by Gasteiger charge is -2.13. The lowest BCUT2D eigenvalue weighted by molar-refractivity contribution is 0.237. The van der Waals surface area contributed by atoms with Crippen LogP contribution in [0.25, 0.3) is 0 Å². The van der Waals surface area contributed by atoms with Crippen molar-refractivity contribution in [3.63, 3.8) is 0 Å². The van der Waals surface area contributed by atoms with Crippen LogP contribution in [-0.2, 0) is 15.5 Å². The SMILES string of the molecule is O=S1CC1CCCOC=C1CCCCC1. The van der Waals surface area contributed by atoms with Crippen LogP contribution in [0.2, 0.25) is 0 Å². The van der Waals surface area contributed by atoms with E-state index in [0.717, 1.165) is 25.2 Å². The highest BCUT2D eigenvalue weighted by atomic mass is 32.2. The molecule has 0 aromatic rings. The van der Waals surface area contributed by atoms with Gasteiger partial charge < -0.3 is 4.74 Å². The van der Waals surface area contributed by atoms with Gasteiger partial charge in [-0.25, -0.2) is 0 Å². The van der Waals surface area contributed by atoms with E-state index in [2.05, 4.69) is 0 Å². The normalized spacial score (nSPS) is 30.0. The van der Waals surface area contributed by atoms with E-state index in [1.54, 1.807) is 0 Å². The Morgan fingerprint density at radius 1 is 1.33 bits per heavy atom. The van der Waals surface area contributed by atoms with Crippen molar-refractivity contribution in [2.75, 3.05) is 12.4 Å². The van der Waals surface area contributed by atoms with Gasteiger partial charge in [0.25, 0.3) is 0 Å². The van der Waals surface area contributed by atoms with Crippen molar-refractivity contribution in [2.24, 2.45) is 0 Å². The van der Waals surface area contributed by atoms with Crippen LogP contribution in [0.1, 0.15) is 44.9 Å². The topological polar surface area (TPSA) is 26.3 Å². The number of rotatable bonds is 5. The van der Waals surface area contributed by atoms with Crippen molar-refractivity contribution in [2.45, 2.75) is 50.2 Å². The first kappa shape index (κ1) is 11.2. The summed E-state index contributed by atoms with van der Waals surface area (Å²) in [6.07, 6.45) is 10.6. The fraction of sp³-hybridized carbons (Fsp3) is 0.833. The van der Waals surface area contributed by atoms with Gasteiger partial charge in [-0.05, 0) is 44.1 Å². The van der Waals surface area contributed by atoms with E-state index < -0.39 is 10.8 Å². The maximum absolute atomic E-state index is 10.9. The van der Waals surface area contributed by atoms with Crippen molar-refractivity contribution in [3.05, 3.63) is 11.8 Å². The van der Waals surface area contributed by atoms with E-state index >= 15 is 0 Å². The molecule has 3 heteroatoms. The van der Waals surface area contributed by atoms with Gasteiger partial charge >= 0.3 is 0 Å². The largest absolute Gasteiger partial charge is 0.501 e. The molecule has 0 radical (unpaired) electrons. The summed E-state index contributed by atoms with van der Waals surface area (Å²) in [5.74, 6) is 0.932. The van der Waals surface area contributed by atoms with E-state index in [4.69, 9.17) is 4.74 Å². The van der Waals surface area contributed by atoms with Crippen LogP contribution in [0, 0.1) is 0 Å². The van der Waals surface area contributed by atoms with Gasteiger partial charge in [0.2, 0.25) is 0 Å². The molecule has 1 aliphatic heterocycles. The molecule has 2 atom stereocenters. The van der Waals surface area contributed by atoms with E-state index in [1.165, 1.54) is 37.7 Å². The summed E-state index contributed by atoms with van der Waals surface area (Å²) in [6.45, 7) is 0.803. The van der Waals surface area contributed by atoms with Gasteiger partial charge in [-0.1, -0.05) is 6.42 Å². The Bertz CT molecular complexity index is 252. The second-order valence-corrected chi connectivity index (χ2v) is 6.28. The third-order valence-electron chi connectivity index (χ3n) is 3.14. The van der Waals surface area contributed by atoms with E-state index in [9.17, 15) is 4.21 Å². The molecule has 2 aliphatic rings. The zero-order valence-electron chi connectivity index (χ0n) is 9.24. The zero-order chi connectivity index (χ0) is 10.5. The lowest BCUT2D eigenvalue weighted by Crippen LogP contribution is -1.97. The third kappa shape index (κ3) is 3.98. The molecular weight excluding hydrogens is 208 g/mol. The molecule has 0 aromatic heterocycles. The highest BCUT2D eigenvalue weighted by Gasteiger charge is 2.31. The summed E-state index contributed by atoms with van der Waals surface area (Å²) in [4.78, 5) is 0. The number of hydrogen-bond donors (Lipinski definition) is 0. The predicted molar refractivity (Wildman–Crippen MR) is 63.2 cm³/mol. The van der Waals surface area contributed by atoms with Crippen molar-refractivity contribution < 1.29 is 8.95 Å². The summed E-state index contributed by atoms with van der Waals surface area (Å²) in [6, 6.07) is 0. The number of allylic oxidation sites excluding steroid dienone is 1. The Kier molecular flexibility index (Phi) is 4.24. The Hall–Kier alpha value is -0.310. The molecule has 1 aliphatic carbocycles. The zero-order valence-corrected chi connectivity index (χ0v) is 10.1. The summed E-state index contributed by atoms with van der Waals surface area (Å²) in [5, 5.41) is 0.496. The smallest absolute Gasteiger partial charge is 0.0873 e. The van der Waals surface area contributed by atoms with E-state index in [0.29, 0.717) is 5.25 Å². The molecule has 2 nitrogen and oxygen atoms in total. The van der Waals surface area contributed by atoms with Crippen molar-refractivity contribution in [1.82, 2.24) is 0 Å². The van der Waals surface area contributed by atoms with Gasteiger partial charge in [-0.3, -0.25) is 4.21 Å². The quantitative estimate of drug-likeness (QED) is 0.411. The summed E-state index contributed by atoms with van der Waals surface area (Å²) >= 11 is 0. The van der Waals surface area contributed by atoms with Crippen LogP contribution in [0.5, 0.6) is 0 Å². The van der Waals surface area contributed by atoms with Crippen molar-refractivity contribution >= 4 is 10.8 Å². The minimum atomic E-state index is -0.480. The molecule has 1 heterocycles. The van der Waals surface area contributed by atoms with Crippen LogP contribution in [0.3, 0.4) is 0 Å². The standard InChI is InChI=1S/C12H20O2S/c13-15-10-12(15)7-4-8-14-9-11-5-2-1-3-6-11/h9,12H,1-8,10H2. The van der Waals surface area contributed by atoms with Crippen LogP contribution >= 0.6 is 0 Å². The highest BCUT2D eigenvalue weighted by molar-refractivity contribution is 7.92. The molecule has 1 saturated carbocycles. The second kappa shape index (κ2) is 5.69. The fourth-order valence-electron chi connectivity index (χ4n) is 2.05. The van der Waals surface area contributed by atoms with Crippen molar-refractivity contribution in [1.29, 1.82) is 0 Å². The minimum absolute atomic E-state index is 0.480. The summed E-state index contributed by atoms with van der Waals surface area (Å²) in [7, 11) is -0.480. The second-order valence-electron chi connectivity index (χ2n) is 4.52. The molecule has 86 valence electrons. The maximum atomic E-state index is 10.9. The predicted octanol–water partition coefficient (Wildman–Crippen LogP) is 2.76. The Labute approximate surface area is 94.5 Å². The summed E-state index contributed by atoms with van der Waals surface area (Å²) < 4.78 is 16.4. The first-order chi connectivity index (χ1) is 7.36. The molecule has 0 aromatic carbocycles. The first-order valence-corrected chi connectivity index (χ1v) is 7.41. The Morgan fingerprint density at radius 2 is 2.07 bits per heavy atom. The molecule has 0 spiro atoms. The number of hydrogen-bond acceptors (Lipinski definition) is 2. The lowest BCUT2D eigenvalue weighted by atomic mass is 9.96. The Balaban J connectivity index is 1.51. The van der Waals surface area contributed by atoms with Crippen LogP contribution in [0.4, 0.5) is 0 Å². The third-order valence-corrected chi connectivity index (χ3v) is 4.59. The maximum Gasteiger partial charge on any atom is 0.0873 e. The van der Waals surface area contributed by atoms with Gasteiger partial charge in [-0.2, -0.15) is 0 Å². The Morgan fingerprint density at radius 3 is 2.73 bits per heavy atom. The molecule has 0 N–H and O–H groups in total. The summed E-state index contributed by atoms with van der Waals surface area (Å²) in [5.41, 5.74) is 1.48. The molecular formula is C12H20O2S. The van der Waals surface area contributed by atoms with Gasteiger partial charge in [0, 0.05) is 21.8 Å². The van der Waals surface area contributed by atoms with Crippen LogP contribution in [-0.4, -0.2) is 21.8 Å². The molecule has 2 rings (SSSR count). The van der Waals surface area contributed by atoms with Gasteiger partial charge in [0.05, 0.1) is 12.9 Å². The fourth-order valence-corrected chi connectivity index (χ4v) is 3.10. The highest BCUT2D eigenvalue weighted by Crippen LogP contribution is 2.23. The molecule has 2 fully saturated rings. The minimum Gasteiger partial charge on any atom is -0.501 e. The van der Waals surface area contributed by atoms with Gasteiger partial charge in [-0.15, -0.1) is 0 Å². The molecule has 15 heavy (non-hydrogen) atoms. The van der Waals surface area contributed by atoms with E-state index in [-0.39, 0.29) is 0 Å². The molecule has 1 saturated heterocycles. The van der Waals surface area contributed by atoms with E-state index in [1.807, 2.05) is 6.26 Å². The van der Waals surface area contributed by atoms with Crippen molar-refractivity contribution in [3.8, 4) is 0 Å². The molecule has 0 bridgehead atoms. The number of ether oxygens (including phenoxy) is 1. The first-order valence-electron chi connectivity index (χ1n) is 6.03. The van der Waals surface area contributed by atoms with Gasteiger partial charge in [0.1, 0.15) is 0 Å². The average Bonchev–Trinajstić information content (AvgIpc) is 2.96. The van der Waals surface area contributed by atoms with Crippen LogP contribution in [0.15, 0.2) is 11.8 Å². The monoisotopic (exact) mass is 228 g/mol. The average molecular weight is 228 g/mol. The van der Waals surface area contributed by atoms with Gasteiger partial charge in [0.15, 0.2) is 0 Å².